The molecule has 2 aromatic rings. The molecule has 2 rings (SSSR count). The number of carbonyl (C=O) groups excluding carboxylic acids is 1. The van der Waals surface area contributed by atoms with Gasteiger partial charge in [-0.25, -0.2) is 4.39 Å². The van der Waals surface area contributed by atoms with Gasteiger partial charge in [-0.3, -0.25) is 14.9 Å². The standard InChI is InChI=1S/C14H10FNO4/c1-9-6-14(11(15)7-12(9)16(18)19)20-13-5-3-2-4-10(13)8-17/h2-8H,1H3. The zero-order chi connectivity index (χ0) is 14.7. The van der Waals surface area contributed by atoms with Gasteiger partial charge in [0.2, 0.25) is 0 Å². The molecule has 0 saturated heterocycles. The predicted octanol–water partition coefficient (Wildman–Crippen LogP) is 3.65. The van der Waals surface area contributed by atoms with Crippen LogP contribution in [0.1, 0.15) is 15.9 Å². The summed E-state index contributed by atoms with van der Waals surface area (Å²) in [5, 5.41) is 10.7. The Hall–Kier alpha value is -2.76. The van der Waals surface area contributed by atoms with Crippen LogP contribution >= 0.6 is 0 Å². The summed E-state index contributed by atoms with van der Waals surface area (Å²) in [6.07, 6.45) is 0.589. The van der Waals surface area contributed by atoms with E-state index in [2.05, 4.69) is 0 Å². The molecule has 0 saturated carbocycles. The quantitative estimate of drug-likeness (QED) is 0.485. The molecule has 0 atom stereocenters. The van der Waals surface area contributed by atoms with Gasteiger partial charge in [0.25, 0.3) is 5.69 Å². The number of ether oxygens (including phenoxy) is 1. The molecule has 0 fully saturated rings. The van der Waals surface area contributed by atoms with Crippen molar-refractivity contribution in [2.45, 2.75) is 6.92 Å². The van der Waals surface area contributed by atoms with Gasteiger partial charge in [0, 0.05) is 5.56 Å². The highest BCUT2D eigenvalue weighted by Crippen LogP contribution is 2.31. The van der Waals surface area contributed by atoms with Crippen LogP contribution in [0.3, 0.4) is 0 Å². The van der Waals surface area contributed by atoms with Crippen molar-refractivity contribution in [3.05, 3.63) is 63.5 Å². The van der Waals surface area contributed by atoms with Gasteiger partial charge in [-0.1, -0.05) is 12.1 Å². The molecule has 0 aliphatic carbocycles. The first kappa shape index (κ1) is 13.7. The van der Waals surface area contributed by atoms with Crippen LogP contribution < -0.4 is 4.74 Å². The van der Waals surface area contributed by atoms with Crippen molar-refractivity contribution in [1.82, 2.24) is 0 Å². The lowest BCUT2D eigenvalue weighted by molar-refractivity contribution is -0.385. The number of aldehydes is 1. The fourth-order valence-corrected chi connectivity index (χ4v) is 1.71. The minimum Gasteiger partial charge on any atom is -0.454 e. The summed E-state index contributed by atoms with van der Waals surface area (Å²) < 4.78 is 19.1. The van der Waals surface area contributed by atoms with E-state index < -0.39 is 10.7 Å². The molecule has 2 aromatic carbocycles. The van der Waals surface area contributed by atoms with E-state index >= 15 is 0 Å². The number of aryl methyl sites for hydroxylation is 1. The Kier molecular flexibility index (Phi) is 3.74. The topological polar surface area (TPSA) is 69.4 Å². The molecular formula is C14H10FNO4. The molecule has 0 aliphatic heterocycles. The number of hydrogen-bond acceptors (Lipinski definition) is 4. The zero-order valence-corrected chi connectivity index (χ0v) is 10.5. The monoisotopic (exact) mass is 275 g/mol. The molecule has 0 radical (unpaired) electrons. The third-order valence-corrected chi connectivity index (χ3v) is 2.71. The van der Waals surface area contributed by atoms with E-state index in [4.69, 9.17) is 4.74 Å². The maximum atomic E-state index is 13.8. The van der Waals surface area contributed by atoms with Gasteiger partial charge < -0.3 is 4.74 Å². The molecule has 5 nitrogen and oxygen atoms in total. The molecule has 20 heavy (non-hydrogen) atoms. The van der Waals surface area contributed by atoms with E-state index in [-0.39, 0.29) is 28.3 Å². The van der Waals surface area contributed by atoms with Gasteiger partial charge in [0.1, 0.15) is 5.75 Å². The lowest BCUT2D eigenvalue weighted by atomic mass is 10.2. The van der Waals surface area contributed by atoms with Crippen molar-refractivity contribution in [2.75, 3.05) is 0 Å². The van der Waals surface area contributed by atoms with Crippen molar-refractivity contribution in [3.8, 4) is 11.5 Å². The van der Waals surface area contributed by atoms with Gasteiger partial charge >= 0.3 is 0 Å². The lowest BCUT2D eigenvalue weighted by Gasteiger charge is -2.09. The molecule has 0 N–H and O–H groups in total. The number of nitro groups is 1. The third-order valence-electron chi connectivity index (χ3n) is 2.71. The molecule has 0 amide bonds. The van der Waals surface area contributed by atoms with E-state index in [0.717, 1.165) is 6.07 Å². The molecule has 0 bridgehead atoms. The Labute approximate surface area is 113 Å². The average molecular weight is 275 g/mol. The van der Waals surface area contributed by atoms with Crippen LogP contribution in [0.5, 0.6) is 11.5 Å². The van der Waals surface area contributed by atoms with Crippen molar-refractivity contribution in [1.29, 1.82) is 0 Å². The largest absolute Gasteiger partial charge is 0.454 e. The molecule has 0 spiro atoms. The molecule has 0 unspecified atom stereocenters. The van der Waals surface area contributed by atoms with Gasteiger partial charge in [-0.05, 0) is 25.1 Å². The second-order valence-electron chi connectivity index (χ2n) is 4.08. The van der Waals surface area contributed by atoms with Crippen LogP contribution in [0.15, 0.2) is 36.4 Å². The van der Waals surface area contributed by atoms with Gasteiger partial charge in [-0.15, -0.1) is 0 Å². The molecule has 6 heteroatoms. The van der Waals surface area contributed by atoms with Crippen LogP contribution in [0.25, 0.3) is 0 Å². The summed E-state index contributed by atoms with van der Waals surface area (Å²) >= 11 is 0. The van der Waals surface area contributed by atoms with Gasteiger partial charge in [-0.2, -0.15) is 0 Å². The summed E-state index contributed by atoms with van der Waals surface area (Å²) in [6.45, 7) is 1.48. The third kappa shape index (κ3) is 2.64. The Morgan fingerprint density at radius 3 is 2.60 bits per heavy atom. The fraction of sp³-hybridized carbons (Fsp3) is 0.0714. The minimum absolute atomic E-state index is 0.164. The van der Waals surface area contributed by atoms with Crippen molar-refractivity contribution >= 4 is 12.0 Å². The second kappa shape index (κ2) is 5.48. The Morgan fingerprint density at radius 1 is 1.25 bits per heavy atom. The van der Waals surface area contributed by atoms with Crippen LogP contribution in [0.2, 0.25) is 0 Å². The highest BCUT2D eigenvalue weighted by Gasteiger charge is 2.17. The maximum absolute atomic E-state index is 13.8. The number of hydrogen-bond donors (Lipinski definition) is 0. The van der Waals surface area contributed by atoms with E-state index in [9.17, 15) is 19.3 Å². The smallest absolute Gasteiger partial charge is 0.275 e. The number of nitrogens with zero attached hydrogens (tertiary/aromatic N) is 1. The van der Waals surface area contributed by atoms with Crippen LogP contribution in [0.4, 0.5) is 10.1 Å². The summed E-state index contributed by atoms with van der Waals surface area (Å²) in [4.78, 5) is 20.9. The summed E-state index contributed by atoms with van der Waals surface area (Å²) in [5.74, 6) is -0.833. The molecule has 0 aromatic heterocycles. The number of halogens is 1. The molecule has 102 valence electrons. The summed E-state index contributed by atoms with van der Waals surface area (Å²) in [6, 6.07) is 8.36. The van der Waals surface area contributed by atoms with Crippen molar-refractivity contribution in [3.63, 3.8) is 0 Å². The average Bonchev–Trinajstić information content (AvgIpc) is 2.42. The van der Waals surface area contributed by atoms with E-state index in [0.29, 0.717) is 6.29 Å². The first-order chi connectivity index (χ1) is 9.52. The first-order valence-electron chi connectivity index (χ1n) is 5.69. The van der Waals surface area contributed by atoms with Crippen LogP contribution in [0, 0.1) is 22.9 Å². The number of rotatable bonds is 4. The highest BCUT2D eigenvalue weighted by atomic mass is 19.1. The number of carbonyl (C=O) groups is 1. The van der Waals surface area contributed by atoms with Crippen LogP contribution in [-0.4, -0.2) is 11.2 Å². The predicted molar refractivity (Wildman–Crippen MR) is 69.7 cm³/mol. The van der Waals surface area contributed by atoms with Gasteiger partial charge in [0.05, 0.1) is 16.6 Å². The Morgan fingerprint density at radius 2 is 1.95 bits per heavy atom. The second-order valence-corrected chi connectivity index (χ2v) is 4.08. The lowest BCUT2D eigenvalue weighted by Crippen LogP contribution is -1.97. The van der Waals surface area contributed by atoms with E-state index in [1.807, 2.05) is 0 Å². The Balaban J connectivity index is 2.42. The normalized spacial score (nSPS) is 10.1. The van der Waals surface area contributed by atoms with E-state index in [1.165, 1.54) is 25.1 Å². The summed E-state index contributed by atoms with van der Waals surface area (Å²) in [5.41, 5.74) is 0.219. The van der Waals surface area contributed by atoms with Crippen LogP contribution in [-0.2, 0) is 0 Å². The van der Waals surface area contributed by atoms with E-state index in [1.54, 1.807) is 12.1 Å². The van der Waals surface area contributed by atoms with Gasteiger partial charge in [0.15, 0.2) is 17.9 Å². The number of nitro benzene ring substituents is 1. The Bertz CT molecular complexity index is 685. The SMILES string of the molecule is Cc1cc(Oc2ccccc2C=O)c(F)cc1[N+](=O)[O-]. The van der Waals surface area contributed by atoms with Crippen molar-refractivity contribution in [2.24, 2.45) is 0 Å². The fourth-order valence-electron chi connectivity index (χ4n) is 1.71. The zero-order valence-electron chi connectivity index (χ0n) is 10.5. The number of para-hydroxylation sites is 1. The highest BCUT2D eigenvalue weighted by molar-refractivity contribution is 5.79. The molecular weight excluding hydrogens is 265 g/mol. The maximum Gasteiger partial charge on any atom is 0.275 e. The molecule has 0 aliphatic rings. The first-order valence-corrected chi connectivity index (χ1v) is 5.69. The van der Waals surface area contributed by atoms with Crippen molar-refractivity contribution < 1.29 is 18.8 Å². The minimum atomic E-state index is -0.858. The summed E-state index contributed by atoms with van der Waals surface area (Å²) in [7, 11) is 0. The number of benzene rings is 2. The molecule has 0 heterocycles.